The Kier molecular flexibility index (Phi) is 38.4. The van der Waals surface area contributed by atoms with Crippen LogP contribution in [0.4, 0.5) is 0 Å². The molecule has 0 bridgehead atoms. The van der Waals surface area contributed by atoms with Crippen molar-refractivity contribution in [3.63, 3.8) is 0 Å². The lowest BCUT2D eigenvalue weighted by molar-refractivity contribution is -0.150. The number of esters is 1. The van der Waals surface area contributed by atoms with E-state index in [0.717, 1.165) is 70.6 Å². The van der Waals surface area contributed by atoms with Gasteiger partial charge in [0.2, 0.25) is 11.8 Å². The van der Waals surface area contributed by atoms with E-state index in [0.29, 0.717) is 19.3 Å². The van der Waals surface area contributed by atoms with E-state index in [2.05, 4.69) is 36.6 Å². The lowest BCUT2D eigenvalue weighted by Gasteiger charge is -2.18. The van der Waals surface area contributed by atoms with Crippen LogP contribution in [0.15, 0.2) is 12.2 Å². The first-order valence-electron chi connectivity index (χ1n) is 22.6. The fourth-order valence-corrected chi connectivity index (χ4v) is 6.77. The number of rotatable bonds is 41. The van der Waals surface area contributed by atoms with Crippen LogP contribution in [0.25, 0.3) is 0 Å². The van der Waals surface area contributed by atoms with Gasteiger partial charge in [0.25, 0.3) is 0 Å². The molecule has 0 rings (SSSR count). The van der Waals surface area contributed by atoms with Crippen LogP contribution in [0.1, 0.15) is 226 Å². The van der Waals surface area contributed by atoms with E-state index >= 15 is 0 Å². The minimum absolute atomic E-state index is 0.0220. The van der Waals surface area contributed by atoms with Crippen LogP contribution >= 0.6 is 0 Å². The Morgan fingerprint density at radius 3 is 1.41 bits per heavy atom. The average molecular weight is 765 g/mol. The second kappa shape index (κ2) is 40.2. The molecule has 0 fully saturated rings. The van der Waals surface area contributed by atoms with Crippen molar-refractivity contribution < 1.29 is 34.1 Å². The zero-order valence-electron chi connectivity index (χ0n) is 35.0. The third-order valence-electron chi connectivity index (χ3n) is 10.3. The zero-order chi connectivity index (χ0) is 39.7. The van der Waals surface area contributed by atoms with Crippen LogP contribution in [0.3, 0.4) is 0 Å². The summed E-state index contributed by atoms with van der Waals surface area (Å²) in [6, 6.07) is -1.38. The Bertz CT molecular complexity index is 926. The van der Waals surface area contributed by atoms with Gasteiger partial charge in [0.05, 0.1) is 13.2 Å². The van der Waals surface area contributed by atoms with Crippen molar-refractivity contribution in [1.29, 1.82) is 0 Å². The van der Waals surface area contributed by atoms with Crippen molar-refractivity contribution in [2.45, 2.75) is 238 Å². The molecule has 0 spiro atoms. The summed E-state index contributed by atoms with van der Waals surface area (Å²) >= 11 is 0. The number of aliphatic hydroxyl groups excluding tert-OH is 1. The molecule has 0 aromatic heterocycles. The predicted molar refractivity (Wildman–Crippen MR) is 222 cm³/mol. The zero-order valence-corrected chi connectivity index (χ0v) is 35.0. The number of carbonyl (C=O) groups is 4. The van der Waals surface area contributed by atoms with Gasteiger partial charge in [0, 0.05) is 12.8 Å². The van der Waals surface area contributed by atoms with Crippen LogP contribution < -0.4 is 10.6 Å². The molecule has 0 heterocycles. The molecular weight excluding hydrogens is 681 g/mol. The molecule has 9 nitrogen and oxygen atoms in total. The van der Waals surface area contributed by atoms with Crippen LogP contribution in [0, 0.1) is 0 Å². The van der Waals surface area contributed by atoms with Gasteiger partial charge in [-0.3, -0.25) is 14.4 Å². The van der Waals surface area contributed by atoms with Crippen LogP contribution in [-0.4, -0.2) is 59.3 Å². The largest absolute Gasteiger partial charge is 0.480 e. The standard InChI is InChI=1S/C45H84N2O7/c1-3-5-7-9-11-13-15-16-17-18-20-21-23-26-30-34-40(54-44(51)37-33-29-24-22-19-14-12-10-8-6-4-2)35-31-27-25-28-32-36-42(49)46-38-43(50)47-41(39-48)45(52)53/h18,20,40-41,48H,3-17,19,21-39H2,1-2H3,(H,46,49)(H,47,50)(H,52,53)/b20-18-. The second-order valence-corrected chi connectivity index (χ2v) is 15.5. The lowest BCUT2D eigenvalue weighted by atomic mass is 10.0. The van der Waals surface area contributed by atoms with E-state index in [1.165, 1.54) is 122 Å². The molecule has 4 N–H and O–H groups in total. The molecule has 0 saturated heterocycles. The summed E-state index contributed by atoms with van der Waals surface area (Å²) in [5, 5.41) is 22.6. The summed E-state index contributed by atoms with van der Waals surface area (Å²) in [4.78, 5) is 47.6. The summed E-state index contributed by atoms with van der Waals surface area (Å²) in [7, 11) is 0. The maximum atomic E-state index is 12.8. The number of aliphatic carboxylic acids is 1. The highest BCUT2D eigenvalue weighted by atomic mass is 16.5. The molecule has 2 unspecified atom stereocenters. The van der Waals surface area contributed by atoms with E-state index in [1.807, 2.05) is 0 Å². The number of nitrogens with one attached hydrogen (secondary N) is 2. The second-order valence-electron chi connectivity index (χ2n) is 15.5. The maximum absolute atomic E-state index is 12.8. The van der Waals surface area contributed by atoms with Gasteiger partial charge in [-0.05, 0) is 64.2 Å². The van der Waals surface area contributed by atoms with Gasteiger partial charge >= 0.3 is 11.9 Å². The van der Waals surface area contributed by atoms with Gasteiger partial charge in [-0.2, -0.15) is 0 Å². The van der Waals surface area contributed by atoms with E-state index in [1.54, 1.807) is 0 Å². The molecule has 0 aliphatic carbocycles. The monoisotopic (exact) mass is 765 g/mol. The van der Waals surface area contributed by atoms with E-state index in [-0.39, 0.29) is 24.5 Å². The predicted octanol–water partition coefficient (Wildman–Crippen LogP) is 11.0. The number of aliphatic hydroxyl groups is 1. The van der Waals surface area contributed by atoms with Crippen LogP contribution in [0.2, 0.25) is 0 Å². The molecule has 0 aliphatic heterocycles. The number of ether oxygens (including phenoxy) is 1. The molecular formula is C45H84N2O7. The Labute approximate surface area is 331 Å². The Morgan fingerprint density at radius 1 is 0.537 bits per heavy atom. The molecule has 0 aliphatic rings. The van der Waals surface area contributed by atoms with Crippen molar-refractivity contribution in [3.8, 4) is 0 Å². The van der Waals surface area contributed by atoms with Gasteiger partial charge in [0.15, 0.2) is 0 Å². The first kappa shape index (κ1) is 51.6. The number of carboxylic acids is 1. The van der Waals surface area contributed by atoms with Crippen LogP contribution in [0.5, 0.6) is 0 Å². The Balaban J connectivity index is 4.32. The highest BCUT2D eigenvalue weighted by Gasteiger charge is 2.19. The van der Waals surface area contributed by atoms with Crippen molar-refractivity contribution >= 4 is 23.8 Å². The Morgan fingerprint density at radius 2 is 0.944 bits per heavy atom. The number of hydrogen-bond donors (Lipinski definition) is 4. The summed E-state index contributed by atoms with van der Waals surface area (Å²) in [6.07, 6.45) is 42.4. The SMILES string of the molecule is CCCCCCCCCC/C=C\CCCCCC(CCCCCCCC(=O)NCC(=O)NC(CO)C(=O)O)OC(=O)CCCCCCCCCCCCC. The minimum atomic E-state index is -1.38. The molecule has 9 heteroatoms. The van der Waals surface area contributed by atoms with Gasteiger partial charge < -0.3 is 25.6 Å². The van der Waals surface area contributed by atoms with Gasteiger partial charge in [-0.15, -0.1) is 0 Å². The molecule has 0 aromatic rings. The quantitative estimate of drug-likeness (QED) is 0.0276. The third kappa shape index (κ3) is 36.6. The summed E-state index contributed by atoms with van der Waals surface area (Å²) in [6.45, 7) is 3.49. The highest BCUT2D eigenvalue weighted by Crippen LogP contribution is 2.19. The molecule has 54 heavy (non-hydrogen) atoms. The smallest absolute Gasteiger partial charge is 0.328 e. The molecule has 0 saturated carbocycles. The first-order valence-corrected chi connectivity index (χ1v) is 22.6. The summed E-state index contributed by atoms with van der Waals surface area (Å²) < 4.78 is 6.03. The first-order chi connectivity index (χ1) is 26.3. The maximum Gasteiger partial charge on any atom is 0.328 e. The average Bonchev–Trinajstić information content (AvgIpc) is 3.15. The number of carboxylic acid groups (broad SMARTS) is 1. The number of allylic oxidation sites excluding steroid dienone is 2. The lowest BCUT2D eigenvalue weighted by Crippen LogP contribution is -2.47. The van der Waals surface area contributed by atoms with E-state index < -0.39 is 24.5 Å². The van der Waals surface area contributed by atoms with Crippen molar-refractivity contribution in [2.24, 2.45) is 0 Å². The molecule has 316 valence electrons. The third-order valence-corrected chi connectivity index (χ3v) is 10.3. The Hall–Kier alpha value is -2.42. The van der Waals surface area contributed by atoms with E-state index in [9.17, 15) is 19.2 Å². The van der Waals surface area contributed by atoms with Gasteiger partial charge in [0.1, 0.15) is 12.1 Å². The number of unbranched alkanes of at least 4 members (excludes halogenated alkanes) is 25. The molecule has 2 amide bonds. The highest BCUT2D eigenvalue weighted by molar-refractivity contribution is 5.87. The van der Waals surface area contributed by atoms with Crippen molar-refractivity contribution in [3.05, 3.63) is 12.2 Å². The van der Waals surface area contributed by atoms with Crippen molar-refractivity contribution in [1.82, 2.24) is 10.6 Å². The van der Waals surface area contributed by atoms with E-state index in [4.69, 9.17) is 14.9 Å². The van der Waals surface area contributed by atoms with Gasteiger partial charge in [-0.25, -0.2) is 4.79 Å². The minimum Gasteiger partial charge on any atom is -0.480 e. The fourth-order valence-electron chi connectivity index (χ4n) is 6.77. The normalized spacial score (nSPS) is 12.5. The van der Waals surface area contributed by atoms with Gasteiger partial charge in [-0.1, -0.05) is 161 Å². The molecule has 0 aromatic carbocycles. The topological polar surface area (TPSA) is 142 Å². The van der Waals surface area contributed by atoms with Crippen LogP contribution in [-0.2, 0) is 23.9 Å². The number of carbonyl (C=O) groups excluding carboxylic acids is 3. The molecule has 2 atom stereocenters. The summed E-state index contributed by atoms with van der Waals surface area (Å²) in [5.41, 5.74) is 0. The summed E-state index contributed by atoms with van der Waals surface area (Å²) in [5.74, 6) is -2.29. The number of amides is 2. The number of hydrogen-bond acceptors (Lipinski definition) is 6. The van der Waals surface area contributed by atoms with Crippen molar-refractivity contribution in [2.75, 3.05) is 13.2 Å². The molecule has 0 radical (unpaired) electrons. The fraction of sp³-hybridized carbons (Fsp3) is 0.867.